The number of nitrogens with zero attached hydrogens (tertiary/aromatic N) is 4. The molecule has 1 aromatic carbocycles. The first kappa shape index (κ1) is 22.4. The number of carbonyl (C=O) groups excluding carboxylic acids is 1. The second kappa shape index (κ2) is 11.2. The monoisotopic (exact) mass is 446 g/mol. The molecule has 9 heteroatoms. The number of rotatable bonds is 11. The Hall–Kier alpha value is -2.32. The number of hydrogen-bond acceptors (Lipinski definition) is 6. The smallest absolute Gasteiger partial charge is 0.224 e. The maximum atomic E-state index is 12.2. The number of aromatic nitrogens is 4. The Morgan fingerprint density at radius 2 is 1.93 bits per heavy atom. The van der Waals surface area contributed by atoms with Gasteiger partial charge in [0.2, 0.25) is 5.91 Å². The highest BCUT2D eigenvalue weighted by Gasteiger charge is 2.13. The molecular weight excluding hydrogens is 420 g/mol. The lowest BCUT2D eigenvalue weighted by atomic mass is 10.1. The second-order valence-corrected chi connectivity index (χ2v) is 8.39. The minimum atomic E-state index is -0.0344. The number of thioether (sulfide) groups is 1. The van der Waals surface area contributed by atoms with Crippen LogP contribution in [0.5, 0.6) is 0 Å². The predicted octanol–water partition coefficient (Wildman–Crippen LogP) is 4.16. The molecule has 1 amide bonds. The highest BCUT2D eigenvalue weighted by Crippen LogP contribution is 2.24. The summed E-state index contributed by atoms with van der Waals surface area (Å²) in [5, 5.41) is 13.1. The molecule has 0 atom stereocenters. The summed E-state index contributed by atoms with van der Waals surface area (Å²) in [7, 11) is 0. The maximum Gasteiger partial charge on any atom is 0.224 e. The van der Waals surface area contributed by atoms with Crippen LogP contribution in [-0.4, -0.2) is 44.5 Å². The Morgan fingerprint density at radius 3 is 2.67 bits per heavy atom. The van der Waals surface area contributed by atoms with E-state index >= 15 is 0 Å². The number of halogens is 1. The molecule has 0 aliphatic carbocycles. The first-order chi connectivity index (χ1) is 14.6. The first-order valence-electron chi connectivity index (χ1n) is 10.2. The van der Waals surface area contributed by atoms with Crippen LogP contribution in [0.3, 0.4) is 0 Å². The number of fused-ring (bicyclic) bond motifs is 1. The van der Waals surface area contributed by atoms with Gasteiger partial charge in [0.15, 0.2) is 10.8 Å². The van der Waals surface area contributed by atoms with E-state index < -0.39 is 0 Å². The van der Waals surface area contributed by atoms with Crippen molar-refractivity contribution < 1.29 is 4.79 Å². The molecular formula is C21H27ClN6OS. The number of anilines is 1. The standard InChI is InChI=1S/C21H27ClN6OS/c1-3-9-24-19-17-14-25-28(20(17)27-21(26-19)30-12-4-2)11-10-23-18(29)13-15-5-7-16(22)8-6-15/h5-8,14H,3-4,9-13H2,1-2H3,(H,23,29)(H,24,26,27). The number of nitrogens with one attached hydrogen (secondary N) is 2. The van der Waals surface area contributed by atoms with Crippen LogP contribution in [0.1, 0.15) is 32.3 Å². The fraction of sp³-hybridized carbons (Fsp3) is 0.429. The minimum Gasteiger partial charge on any atom is -0.369 e. The summed E-state index contributed by atoms with van der Waals surface area (Å²) in [5.74, 6) is 1.75. The quantitative estimate of drug-likeness (QED) is 0.340. The number of benzene rings is 1. The lowest BCUT2D eigenvalue weighted by Gasteiger charge is -2.09. The van der Waals surface area contributed by atoms with Gasteiger partial charge in [0.1, 0.15) is 5.82 Å². The van der Waals surface area contributed by atoms with Crippen LogP contribution in [0.25, 0.3) is 11.0 Å². The van der Waals surface area contributed by atoms with Crippen LogP contribution in [0.4, 0.5) is 5.82 Å². The molecule has 2 heterocycles. The van der Waals surface area contributed by atoms with E-state index in [2.05, 4.69) is 34.6 Å². The molecule has 2 aromatic heterocycles. The van der Waals surface area contributed by atoms with Crippen LogP contribution in [0.15, 0.2) is 35.6 Å². The molecule has 0 bridgehead atoms. The summed E-state index contributed by atoms with van der Waals surface area (Å²) in [5.41, 5.74) is 1.72. The Kier molecular flexibility index (Phi) is 8.33. The molecule has 3 rings (SSSR count). The van der Waals surface area contributed by atoms with Gasteiger partial charge in [0, 0.05) is 23.9 Å². The molecule has 0 unspecified atom stereocenters. The van der Waals surface area contributed by atoms with Crippen molar-refractivity contribution in [2.24, 2.45) is 0 Å². The van der Waals surface area contributed by atoms with Crippen molar-refractivity contribution in [1.29, 1.82) is 0 Å². The van der Waals surface area contributed by atoms with Crippen molar-refractivity contribution in [3.63, 3.8) is 0 Å². The zero-order valence-electron chi connectivity index (χ0n) is 17.3. The predicted molar refractivity (Wildman–Crippen MR) is 123 cm³/mol. The highest BCUT2D eigenvalue weighted by atomic mass is 35.5. The summed E-state index contributed by atoms with van der Waals surface area (Å²) in [6.45, 7) is 6.11. The van der Waals surface area contributed by atoms with Crippen LogP contribution in [-0.2, 0) is 17.8 Å². The number of amides is 1. The Balaban J connectivity index is 1.66. The summed E-state index contributed by atoms with van der Waals surface area (Å²) in [4.78, 5) is 21.6. The number of carbonyl (C=O) groups is 1. The third kappa shape index (κ3) is 6.09. The molecule has 30 heavy (non-hydrogen) atoms. The lowest BCUT2D eigenvalue weighted by Crippen LogP contribution is -2.28. The largest absolute Gasteiger partial charge is 0.369 e. The van der Waals surface area contributed by atoms with Gasteiger partial charge in [-0.2, -0.15) is 5.10 Å². The minimum absolute atomic E-state index is 0.0344. The van der Waals surface area contributed by atoms with E-state index in [4.69, 9.17) is 16.6 Å². The van der Waals surface area contributed by atoms with E-state index in [1.807, 2.05) is 16.8 Å². The van der Waals surface area contributed by atoms with Crippen LogP contribution in [0.2, 0.25) is 5.02 Å². The SMILES string of the molecule is CCCNc1nc(SCCC)nc2c1cnn2CCNC(=O)Cc1ccc(Cl)cc1. The van der Waals surface area contributed by atoms with Gasteiger partial charge in [-0.05, 0) is 30.5 Å². The maximum absolute atomic E-state index is 12.2. The fourth-order valence-corrected chi connectivity index (χ4v) is 3.71. The number of hydrogen-bond donors (Lipinski definition) is 2. The van der Waals surface area contributed by atoms with Crippen molar-refractivity contribution in [1.82, 2.24) is 25.1 Å². The zero-order valence-corrected chi connectivity index (χ0v) is 18.9. The van der Waals surface area contributed by atoms with E-state index in [-0.39, 0.29) is 5.91 Å². The fourth-order valence-electron chi connectivity index (χ4n) is 2.89. The summed E-state index contributed by atoms with van der Waals surface area (Å²) < 4.78 is 1.83. The highest BCUT2D eigenvalue weighted by molar-refractivity contribution is 7.99. The topological polar surface area (TPSA) is 84.7 Å². The van der Waals surface area contributed by atoms with Gasteiger partial charge in [0.05, 0.1) is 24.5 Å². The molecule has 0 aliphatic heterocycles. The Morgan fingerprint density at radius 1 is 1.13 bits per heavy atom. The van der Waals surface area contributed by atoms with E-state index in [0.717, 1.165) is 52.7 Å². The molecule has 3 aromatic rings. The Labute approximate surface area is 186 Å². The van der Waals surface area contributed by atoms with Crippen LogP contribution >= 0.6 is 23.4 Å². The average molecular weight is 447 g/mol. The summed E-state index contributed by atoms with van der Waals surface area (Å²) in [6.07, 6.45) is 4.18. The van der Waals surface area contributed by atoms with Crippen molar-refractivity contribution in [2.75, 3.05) is 24.2 Å². The molecule has 7 nitrogen and oxygen atoms in total. The zero-order chi connectivity index (χ0) is 21.3. The average Bonchev–Trinajstić information content (AvgIpc) is 3.15. The van der Waals surface area contributed by atoms with Crippen molar-refractivity contribution in [2.45, 2.75) is 44.8 Å². The van der Waals surface area contributed by atoms with Gasteiger partial charge >= 0.3 is 0 Å². The van der Waals surface area contributed by atoms with Crippen molar-refractivity contribution in [3.05, 3.63) is 41.0 Å². The van der Waals surface area contributed by atoms with Crippen molar-refractivity contribution >= 4 is 46.1 Å². The van der Waals surface area contributed by atoms with Gasteiger partial charge in [-0.3, -0.25) is 4.79 Å². The normalized spacial score (nSPS) is 11.0. The third-order valence-electron chi connectivity index (χ3n) is 4.38. The van der Waals surface area contributed by atoms with Gasteiger partial charge in [0.25, 0.3) is 0 Å². The second-order valence-electron chi connectivity index (χ2n) is 6.89. The molecule has 160 valence electrons. The van der Waals surface area contributed by atoms with Crippen molar-refractivity contribution in [3.8, 4) is 0 Å². The third-order valence-corrected chi connectivity index (χ3v) is 5.68. The Bertz CT molecular complexity index is 976. The van der Waals surface area contributed by atoms with Crippen LogP contribution in [0, 0.1) is 0 Å². The van der Waals surface area contributed by atoms with Gasteiger partial charge in [-0.1, -0.05) is 49.3 Å². The van der Waals surface area contributed by atoms with E-state index in [9.17, 15) is 4.79 Å². The molecule has 0 aliphatic rings. The van der Waals surface area contributed by atoms with Gasteiger partial charge in [-0.15, -0.1) is 0 Å². The molecule has 0 saturated heterocycles. The molecule has 0 radical (unpaired) electrons. The van der Waals surface area contributed by atoms with Gasteiger partial charge in [-0.25, -0.2) is 14.6 Å². The molecule has 0 fully saturated rings. The van der Waals surface area contributed by atoms with E-state index in [1.54, 1.807) is 30.1 Å². The van der Waals surface area contributed by atoms with E-state index in [1.165, 1.54) is 0 Å². The first-order valence-corrected chi connectivity index (χ1v) is 11.6. The lowest BCUT2D eigenvalue weighted by molar-refractivity contribution is -0.120. The molecule has 0 spiro atoms. The molecule has 2 N–H and O–H groups in total. The van der Waals surface area contributed by atoms with E-state index in [0.29, 0.717) is 24.5 Å². The van der Waals surface area contributed by atoms with Gasteiger partial charge < -0.3 is 10.6 Å². The molecule has 0 saturated carbocycles. The summed E-state index contributed by atoms with van der Waals surface area (Å²) in [6, 6.07) is 7.30. The summed E-state index contributed by atoms with van der Waals surface area (Å²) >= 11 is 7.53. The van der Waals surface area contributed by atoms with Crippen LogP contribution < -0.4 is 10.6 Å².